The standard InChI is InChI=1S/C18H17NO6/c20-15(12-4-2-1-3-5-12)16(21)19-14(18(24)25)10-11-6-8-13(9-7-11)17(22)23/h1-9,14-15,20H,10H2,(H,19,21)(H,22,23)(H,24,25)/t14-,15-/m0/s1. The lowest BCUT2D eigenvalue weighted by molar-refractivity contribution is -0.143. The highest BCUT2D eigenvalue weighted by atomic mass is 16.4. The second-order valence-electron chi connectivity index (χ2n) is 5.42. The van der Waals surface area contributed by atoms with Gasteiger partial charge >= 0.3 is 11.9 Å². The Bertz CT molecular complexity index is 757. The molecule has 0 bridgehead atoms. The number of hydrogen-bond acceptors (Lipinski definition) is 4. The van der Waals surface area contributed by atoms with E-state index < -0.39 is 30.0 Å². The fraction of sp³-hybridized carbons (Fsp3) is 0.167. The number of carbonyl (C=O) groups is 3. The lowest BCUT2D eigenvalue weighted by Gasteiger charge is -2.17. The zero-order chi connectivity index (χ0) is 18.4. The average Bonchev–Trinajstić information content (AvgIpc) is 2.61. The van der Waals surface area contributed by atoms with Crippen LogP contribution < -0.4 is 5.32 Å². The van der Waals surface area contributed by atoms with Crippen molar-refractivity contribution in [3.8, 4) is 0 Å². The fourth-order valence-electron chi connectivity index (χ4n) is 2.26. The first-order valence-corrected chi connectivity index (χ1v) is 7.47. The number of hydrogen-bond donors (Lipinski definition) is 4. The second kappa shape index (κ2) is 8.07. The van der Waals surface area contributed by atoms with Gasteiger partial charge in [0.2, 0.25) is 0 Å². The molecule has 2 rings (SSSR count). The van der Waals surface area contributed by atoms with Crippen molar-refractivity contribution in [3.05, 3.63) is 71.3 Å². The summed E-state index contributed by atoms with van der Waals surface area (Å²) in [5.74, 6) is -3.16. The molecule has 2 atom stereocenters. The first-order valence-electron chi connectivity index (χ1n) is 7.47. The Morgan fingerprint density at radius 1 is 0.920 bits per heavy atom. The van der Waals surface area contributed by atoms with E-state index >= 15 is 0 Å². The largest absolute Gasteiger partial charge is 0.480 e. The van der Waals surface area contributed by atoms with E-state index in [1.165, 1.54) is 24.3 Å². The molecule has 0 spiro atoms. The predicted octanol–water partition coefficient (Wildman–Crippen LogP) is 1.23. The van der Waals surface area contributed by atoms with Gasteiger partial charge < -0.3 is 20.6 Å². The number of rotatable bonds is 7. The Hall–Kier alpha value is -3.19. The summed E-state index contributed by atoms with van der Waals surface area (Å²) in [6, 6.07) is 12.6. The maximum absolute atomic E-state index is 12.1. The third kappa shape index (κ3) is 4.89. The number of carboxylic acid groups (broad SMARTS) is 2. The number of aliphatic hydroxyl groups is 1. The Labute approximate surface area is 143 Å². The van der Waals surface area contributed by atoms with Crippen molar-refractivity contribution in [2.75, 3.05) is 0 Å². The molecule has 0 radical (unpaired) electrons. The van der Waals surface area contributed by atoms with Crippen molar-refractivity contribution < 1.29 is 29.7 Å². The smallest absolute Gasteiger partial charge is 0.335 e. The maximum Gasteiger partial charge on any atom is 0.335 e. The highest BCUT2D eigenvalue weighted by molar-refractivity contribution is 5.88. The number of carbonyl (C=O) groups excluding carboxylic acids is 1. The summed E-state index contributed by atoms with van der Waals surface area (Å²) in [4.78, 5) is 34.3. The Morgan fingerprint density at radius 3 is 2.04 bits per heavy atom. The summed E-state index contributed by atoms with van der Waals surface area (Å²) in [6.45, 7) is 0. The predicted molar refractivity (Wildman–Crippen MR) is 88.1 cm³/mol. The first-order chi connectivity index (χ1) is 11.9. The van der Waals surface area contributed by atoms with Gasteiger partial charge in [0.15, 0.2) is 6.10 Å². The van der Waals surface area contributed by atoms with E-state index in [1.54, 1.807) is 30.3 Å². The third-order valence-corrected chi connectivity index (χ3v) is 3.62. The van der Waals surface area contributed by atoms with Crippen LogP contribution in [-0.4, -0.2) is 39.2 Å². The summed E-state index contributed by atoms with van der Waals surface area (Å²) < 4.78 is 0. The number of amides is 1. The number of benzene rings is 2. The van der Waals surface area contributed by atoms with E-state index in [-0.39, 0.29) is 12.0 Å². The number of carboxylic acids is 2. The van der Waals surface area contributed by atoms with Crippen LogP contribution in [0, 0.1) is 0 Å². The van der Waals surface area contributed by atoms with Crippen molar-refractivity contribution in [1.29, 1.82) is 0 Å². The highest BCUT2D eigenvalue weighted by Gasteiger charge is 2.25. The van der Waals surface area contributed by atoms with Crippen molar-refractivity contribution in [1.82, 2.24) is 5.32 Å². The van der Waals surface area contributed by atoms with Gasteiger partial charge in [0, 0.05) is 6.42 Å². The van der Waals surface area contributed by atoms with Crippen LogP contribution in [0.5, 0.6) is 0 Å². The lowest BCUT2D eigenvalue weighted by Crippen LogP contribution is -2.44. The molecule has 0 heterocycles. The van der Waals surface area contributed by atoms with Crippen LogP contribution in [0.25, 0.3) is 0 Å². The Kier molecular flexibility index (Phi) is 5.86. The van der Waals surface area contributed by atoms with Gasteiger partial charge in [-0.25, -0.2) is 9.59 Å². The molecule has 7 nitrogen and oxygen atoms in total. The fourth-order valence-corrected chi connectivity index (χ4v) is 2.26. The van der Waals surface area contributed by atoms with Crippen LogP contribution in [-0.2, 0) is 16.0 Å². The van der Waals surface area contributed by atoms with Gasteiger partial charge in [0.1, 0.15) is 6.04 Å². The van der Waals surface area contributed by atoms with E-state index in [1.807, 2.05) is 0 Å². The molecular weight excluding hydrogens is 326 g/mol. The van der Waals surface area contributed by atoms with Crippen LogP contribution in [0.2, 0.25) is 0 Å². The van der Waals surface area contributed by atoms with Crippen LogP contribution in [0.15, 0.2) is 54.6 Å². The van der Waals surface area contributed by atoms with Crippen LogP contribution >= 0.6 is 0 Å². The molecule has 0 saturated carbocycles. The van der Waals surface area contributed by atoms with Gasteiger partial charge in [-0.3, -0.25) is 4.79 Å². The summed E-state index contributed by atoms with van der Waals surface area (Å²) in [5.41, 5.74) is 0.987. The molecule has 7 heteroatoms. The molecule has 2 aromatic rings. The molecule has 2 aromatic carbocycles. The minimum Gasteiger partial charge on any atom is -0.480 e. The first kappa shape index (κ1) is 18.2. The summed E-state index contributed by atoms with van der Waals surface area (Å²) in [6.07, 6.45) is -1.51. The van der Waals surface area contributed by atoms with Crippen LogP contribution in [0.1, 0.15) is 27.6 Å². The monoisotopic (exact) mass is 343 g/mol. The minimum atomic E-state index is -1.47. The van der Waals surface area contributed by atoms with Crippen molar-refractivity contribution >= 4 is 17.8 Å². The van der Waals surface area contributed by atoms with E-state index in [4.69, 9.17) is 5.11 Å². The molecule has 4 N–H and O–H groups in total. The molecule has 25 heavy (non-hydrogen) atoms. The van der Waals surface area contributed by atoms with Gasteiger partial charge in [-0.05, 0) is 23.3 Å². The SMILES string of the molecule is O=C(O)c1ccc(C[C@H](NC(=O)[C@@H](O)c2ccccc2)C(=O)O)cc1. The second-order valence-corrected chi connectivity index (χ2v) is 5.42. The normalized spacial score (nSPS) is 12.8. The van der Waals surface area contributed by atoms with E-state index in [9.17, 15) is 24.6 Å². The number of aliphatic hydroxyl groups excluding tert-OH is 1. The molecule has 0 fully saturated rings. The van der Waals surface area contributed by atoms with Crippen molar-refractivity contribution in [3.63, 3.8) is 0 Å². The van der Waals surface area contributed by atoms with E-state index in [0.29, 0.717) is 11.1 Å². The quantitative estimate of drug-likeness (QED) is 0.599. The summed E-state index contributed by atoms with van der Waals surface area (Å²) in [5, 5.41) is 30.5. The highest BCUT2D eigenvalue weighted by Crippen LogP contribution is 2.13. The van der Waals surface area contributed by atoms with E-state index in [0.717, 1.165) is 0 Å². The van der Waals surface area contributed by atoms with Gasteiger partial charge in [0.25, 0.3) is 5.91 Å². The molecule has 0 aliphatic heterocycles. The Morgan fingerprint density at radius 2 is 1.52 bits per heavy atom. The number of aromatic carboxylic acids is 1. The topological polar surface area (TPSA) is 124 Å². The molecule has 0 aromatic heterocycles. The molecule has 0 saturated heterocycles. The zero-order valence-electron chi connectivity index (χ0n) is 13.1. The van der Waals surface area contributed by atoms with Gasteiger partial charge in [-0.15, -0.1) is 0 Å². The van der Waals surface area contributed by atoms with Crippen molar-refractivity contribution in [2.45, 2.75) is 18.6 Å². The molecule has 0 aliphatic carbocycles. The van der Waals surface area contributed by atoms with Crippen LogP contribution in [0.4, 0.5) is 0 Å². The molecule has 0 aliphatic rings. The van der Waals surface area contributed by atoms with Gasteiger partial charge in [-0.2, -0.15) is 0 Å². The maximum atomic E-state index is 12.1. The summed E-state index contributed by atoms with van der Waals surface area (Å²) >= 11 is 0. The lowest BCUT2D eigenvalue weighted by atomic mass is 10.0. The van der Waals surface area contributed by atoms with Crippen LogP contribution in [0.3, 0.4) is 0 Å². The minimum absolute atomic E-state index is 0.0392. The molecule has 0 unspecified atom stereocenters. The molecule has 1 amide bonds. The van der Waals surface area contributed by atoms with E-state index in [2.05, 4.69) is 5.32 Å². The molecule has 130 valence electrons. The molecular formula is C18H17NO6. The number of nitrogens with one attached hydrogen (secondary N) is 1. The van der Waals surface area contributed by atoms with Crippen molar-refractivity contribution in [2.24, 2.45) is 0 Å². The van der Waals surface area contributed by atoms with Gasteiger partial charge in [0.05, 0.1) is 5.56 Å². The zero-order valence-corrected chi connectivity index (χ0v) is 13.1. The summed E-state index contributed by atoms with van der Waals surface area (Å²) in [7, 11) is 0. The third-order valence-electron chi connectivity index (χ3n) is 3.62. The number of aliphatic carboxylic acids is 1. The van der Waals surface area contributed by atoms with Gasteiger partial charge in [-0.1, -0.05) is 42.5 Å². The average molecular weight is 343 g/mol. The Balaban J connectivity index is 2.06.